The highest BCUT2D eigenvalue weighted by molar-refractivity contribution is 5.92. The first-order chi connectivity index (χ1) is 15.5. The van der Waals surface area contributed by atoms with Gasteiger partial charge in [0.05, 0.1) is 16.9 Å². The SMILES string of the molecule is CNC(=O)c1ccc(N2CCN(Cc3ccc4c(c3)[nH]c(=O)n3ncnc43)CC2)c(C)n1. The van der Waals surface area contributed by atoms with Gasteiger partial charge in [0.2, 0.25) is 0 Å². The van der Waals surface area contributed by atoms with Gasteiger partial charge in [-0.2, -0.15) is 9.61 Å². The van der Waals surface area contributed by atoms with Crippen molar-refractivity contribution in [2.45, 2.75) is 13.5 Å². The smallest absolute Gasteiger partial charge is 0.348 e. The molecule has 4 heterocycles. The summed E-state index contributed by atoms with van der Waals surface area (Å²) >= 11 is 0. The van der Waals surface area contributed by atoms with Gasteiger partial charge in [0.25, 0.3) is 5.91 Å². The molecule has 164 valence electrons. The Morgan fingerprint density at radius 1 is 1.16 bits per heavy atom. The molecule has 0 bridgehead atoms. The standard InChI is InChI=1S/C22H24N8O2/c1-14-19(6-5-17(26-14)21(31)23-2)29-9-7-28(8-10-29)12-15-3-4-16-18(11-15)27-22(32)30-20(16)24-13-25-30/h3-6,11,13H,7-10,12H2,1-2H3,(H,23,31)(H,27,32). The lowest BCUT2D eigenvalue weighted by atomic mass is 10.1. The van der Waals surface area contributed by atoms with Crippen LogP contribution in [0, 0.1) is 6.92 Å². The molecule has 10 heteroatoms. The van der Waals surface area contributed by atoms with E-state index in [9.17, 15) is 9.59 Å². The fourth-order valence-corrected chi connectivity index (χ4v) is 4.28. The molecule has 0 radical (unpaired) electrons. The monoisotopic (exact) mass is 432 g/mol. The van der Waals surface area contributed by atoms with Crippen molar-refractivity contribution in [3.63, 3.8) is 0 Å². The van der Waals surface area contributed by atoms with Gasteiger partial charge in [-0.25, -0.2) is 14.8 Å². The highest BCUT2D eigenvalue weighted by atomic mass is 16.2. The lowest BCUT2D eigenvalue weighted by Crippen LogP contribution is -2.46. The van der Waals surface area contributed by atoms with Gasteiger partial charge in [-0.15, -0.1) is 0 Å². The molecule has 0 aliphatic carbocycles. The Morgan fingerprint density at radius 2 is 1.97 bits per heavy atom. The number of fused-ring (bicyclic) bond motifs is 3. The quantitative estimate of drug-likeness (QED) is 0.494. The summed E-state index contributed by atoms with van der Waals surface area (Å²) in [5, 5.41) is 7.45. The van der Waals surface area contributed by atoms with Crippen LogP contribution in [-0.2, 0) is 6.54 Å². The third-order valence-corrected chi connectivity index (χ3v) is 5.94. The second-order valence-corrected chi connectivity index (χ2v) is 7.95. The Kier molecular flexibility index (Phi) is 5.06. The van der Waals surface area contributed by atoms with Gasteiger partial charge >= 0.3 is 5.69 Å². The maximum Gasteiger partial charge on any atom is 0.348 e. The minimum Gasteiger partial charge on any atom is -0.368 e. The summed E-state index contributed by atoms with van der Waals surface area (Å²) in [5.41, 5.74) is 4.54. The molecule has 3 aromatic heterocycles. The molecule has 0 atom stereocenters. The van der Waals surface area contributed by atoms with Crippen LogP contribution in [0.3, 0.4) is 0 Å². The second-order valence-electron chi connectivity index (χ2n) is 7.95. The molecule has 1 fully saturated rings. The molecular formula is C22H24N8O2. The molecule has 5 rings (SSSR count). The molecular weight excluding hydrogens is 408 g/mol. The van der Waals surface area contributed by atoms with Crippen LogP contribution in [0.4, 0.5) is 5.69 Å². The first-order valence-corrected chi connectivity index (χ1v) is 10.5. The largest absolute Gasteiger partial charge is 0.368 e. The van der Waals surface area contributed by atoms with E-state index in [1.165, 1.54) is 10.8 Å². The molecule has 0 unspecified atom stereocenters. The molecule has 4 aromatic rings. The number of rotatable bonds is 4. The van der Waals surface area contributed by atoms with Crippen molar-refractivity contribution in [3.8, 4) is 0 Å². The minimum atomic E-state index is -0.290. The highest BCUT2D eigenvalue weighted by Gasteiger charge is 2.20. The van der Waals surface area contributed by atoms with Gasteiger partial charge < -0.3 is 15.2 Å². The number of pyridine rings is 1. The summed E-state index contributed by atoms with van der Waals surface area (Å²) in [4.78, 5) is 40.2. The van der Waals surface area contributed by atoms with Crippen LogP contribution in [0.1, 0.15) is 21.7 Å². The number of nitrogens with zero attached hydrogens (tertiary/aromatic N) is 6. The van der Waals surface area contributed by atoms with Crippen LogP contribution < -0.4 is 15.9 Å². The van der Waals surface area contributed by atoms with Gasteiger partial charge in [0, 0.05) is 45.2 Å². The summed E-state index contributed by atoms with van der Waals surface area (Å²) < 4.78 is 1.28. The van der Waals surface area contributed by atoms with E-state index in [0.29, 0.717) is 11.3 Å². The topological polar surface area (TPSA) is 112 Å². The van der Waals surface area contributed by atoms with Crippen molar-refractivity contribution < 1.29 is 4.79 Å². The van der Waals surface area contributed by atoms with Crippen LogP contribution in [0.25, 0.3) is 16.6 Å². The van der Waals surface area contributed by atoms with Crippen molar-refractivity contribution in [3.05, 3.63) is 64.1 Å². The maximum atomic E-state index is 12.2. The maximum absolute atomic E-state index is 12.2. The van der Waals surface area contributed by atoms with Gasteiger partial charge in [0.1, 0.15) is 12.0 Å². The van der Waals surface area contributed by atoms with E-state index in [2.05, 4.69) is 41.2 Å². The van der Waals surface area contributed by atoms with Crippen molar-refractivity contribution in [2.75, 3.05) is 38.1 Å². The van der Waals surface area contributed by atoms with Crippen molar-refractivity contribution >= 4 is 28.1 Å². The van der Waals surface area contributed by atoms with Gasteiger partial charge in [0.15, 0.2) is 5.65 Å². The van der Waals surface area contributed by atoms with Crippen LogP contribution in [0.15, 0.2) is 41.5 Å². The van der Waals surface area contributed by atoms with Gasteiger partial charge in [-0.1, -0.05) is 6.07 Å². The molecule has 10 nitrogen and oxygen atoms in total. The fourth-order valence-electron chi connectivity index (χ4n) is 4.28. The highest BCUT2D eigenvalue weighted by Crippen LogP contribution is 2.22. The number of nitrogens with one attached hydrogen (secondary N) is 2. The minimum absolute atomic E-state index is 0.175. The van der Waals surface area contributed by atoms with Crippen molar-refractivity contribution in [1.29, 1.82) is 0 Å². The Labute approximate surface area is 183 Å². The lowest BCUT2D eigenvalue weighted by molar-refractivity contribution is 0.0958. The van der Waals surface area contributed by atoms with E-state index in [1.54, 1.807) is 13.1 Å². The number of anilines is 1. The number of aromatic nitrogens is 5. The zero-order valence-electron chi connectivity index (χ0n) is 18.0. The number of hydrogen-bond acceptors (Lipinski definition) is 7. The van der Waals surface area contributed by atoms with E-state index in [4.69, 9.17) is 0 Å². The van der Waals surface area contributed by atoms with Crippen LogP contribution >= 0.6 is 0 Å². The molecule has 2 N–H and O–H groups in total. The average Bonchev–Trinajstić information content (AvgIpc) is 3.30. The molecule has 1 aliphatic heterocycles. The van der Waals surface area contributed by atoms with Crippen LogP contribution in [0.5, 0.6) is 0 Å². The van der Waals surface area contributed by atoms with E-state index >= 15 is 0 Å². The van der Waals surface area contributed by atoms with Crippen molar-refractivity contribution in [2.24, 2.45) is 0 Å². The van der Waals surface area contributed by atoms with Crippen LogP contribution in [-0.4, -0.2) is 68.6 Å². The molecule has 0 spiro atoms. The molecule has 1 amide bonds. The first kappa shape index (κ1) is 20.1. The zero-order chi connectivity index (χ0) is 22.2. The number of carbonyl (C=O) groups is 1. The number of piperazine rings is 1. The summed E-state index contributed by atoms with van der Waals surface area (Å²) in [7, 11) is 1.61. The molecule has 1 aromatic carbocycles. The van der Waals surface area contributed by atoms with E-state index in [-0.39, 0.29) is 11.6 Å². The predicted octanol–water partition coefficient (Wildman–Crippen LogP) is 0.956. The summed E-state index contributed by atoms with van der Waals surface area (Å²) in [5.74, 6) is -0.175. The number of aromatic amines is 1. The number of amides is 1. The molecule has 0 saturated carbocycles. The van der Waals surface area contributed by atoms with Gasteiger partial charge in [-0.3, -0.25) is 9.69 Å². The number of carbonyl (C=O) groups excluding carboxylic acids is 1. The third-order valence-electron chi connectivity index (χ3n) is 5.94. The average molecular weight is 432 g/mol. The van der Waals surface area contributed by atoms with Crippen LogP contribution in [0.2, 0.25) is 0 Å². The number of H-pyrrole nitrogens is 1. The number of hydrogen-bond donors (Lipinski definition) is 2. The van der Waals surface area contributed by atoms with Crippen molar-refractivity contribution in [1.82, 2.24) is 34.8 Å². The second kappa shape index (κ2) is 8.04. The number of aryl methyl sites for hydroxylation is 1. The Morgan fingerprint density at radius 3 is 2.72 bits per heavy atom. The normalized spacial score (nSPS) is 14.9. The number of benzene rings is 1. The molecule has 1 aliphatic rings. The van der Waals surface area contributed by atoms with E-state index in [1.807, 2.05) is 25.1 Å². The lowest BCUT2D eigenvalue weighted by Gasteiger charge is -2.36. The Hall–Kier alpha value is -3.79. The predicted molar refractivity (Wildman–Crippen MR) is 121 cm³/mol. The third kappa shape index (κ3) is 3.58. The van der Waals surface area contributed by atoms with E-state index in [0.717, 1.165) is 60.6 Å². The summed E-state index contributed by atoms with van der Waals surface area (Å²) in [6.07, 6.45) is 1.39. The summed E-state index contributed by atoms with van der Waals surface area (Å²) in [6.45, 7) is 6.33. The molecule has 1 saturated heterocycles. The van der Waals surface area contributed by atoms with Gasteiger partial charge in [-0.05, 0) is 36.8 Å². The molecule has 32 heavy (non-hydrogen) atoms. The first-order valence-electron chi connectivity index (χ1n) is 10.5. The fraction of sp³-hybridized carbons (Fsp3) is 0.318. The summed E-state index contributed by atoms with van der Waals surface area (Å²) in [6, 6.07) is 9.84. The zero-order valence-corrected chi connectivity index (χ0v) is 18.0. The Bertz CT molecular complexity index is 1370. The van der Waals surface area contributed by atoms with E-state index < -0.39 is 0 Å². The Balaban J connectivity index is 1.28.